The largest absolute Gasteiger partial charge is 0.465 e. The van der Waals surface area contributed by atoms with Crippen molar-refractivity contribution < 1.29 is 28.9 Å². The van der Waals surface area contributed by atoms with E-state index in [2.05, 4.69) is 9.97 Å². The SMILES string of the molecule is CCOC(=O)C1(c2nc(SC)ncc2C(OC)OC)CCN(C(=O)O)C1. The van der Waals surface area contributed by atoms with Crippen LogP contribution in [0.1, 0.15) is 30.9 Å². The molecule has 1 aromatic rings. The molecule has 0 radical (unpaired) electrons. The van der Waals surface area contributed by atoms with Gasteiger partial charge in [0.2, 0.25) is 0 Å². The Bertz CT molecular complexity index is 669. The Morgan fingerprint density at radius 3 is 2.62 bits per heavy atom. The summed E-state index contributed by atoms with van der Waals surface area (Å²) in [6, 6.07) is 0. The first kappa shape index (κ1) is 20.4. The van der Waals surface area contributed by atoms with Gasteiger partial charge < -0.3 is 24.2 Å². The first-order valence-electron chi connectivity index (χ1n) is 8.05. The zero-order valence-corrected chi connectivity index (χ0v) is 16.0. The molecule has 0 bridgehead atoms. The van der Waals surface area contributed by atoms with Gasteiger partial charge in [-0.15, -0.1) is 0 Å². The lowest BCUT2D eigenvalue weighted by molar-refractivity contribution is -0.150. The van der Waals surface area contributed by atoms with Crippen LogP contribution < -0.4 is 0 Å². The molecule has 2 rings (SSSR count). The number of carbonyl (C=O) groups excluding carboxylic acids is 1. The van der Waals surface area contributed by atoms with Crippen molar-refractivity contribution in [2.24, 2.45) is 0 Å². The first-order valence-corrected chi connectivity index (χ1v) is 9.28. The molecule has 9 nitrogen and oxygen atoms in total. The van der Waals surface area contributed by atoms with Crippen LogP contribution in [0.5, 0.6) is 0 Å². The number of methoxy groups -OCH3 is 2. The summed E-state index contributed by atoms with van der Waals surface area (Å²) in [6.07, 6.45) is 1.75. The number of nitrogens with zero attached hydrogens (tertiary/aromatic N) is 3. The van der Waals surface area contributed by atoms with Gasteiger partial charge in [-0.1, -0.05) is 11.8 Å². The predicted octanol–water partition coefficient (Wildman–Crippen LogP) is 1.67. The van der Waals surface area contributed by atoms with Gasteiger partial charge in [-0.25, -0.2) is 14.8 Å². The molecular weight excluding hydrogens is 362 g/mol. The normalized spacial score (nSPS) is 19.8. The third-order valence-corrected chi connectivity index (χ3v) is 4.88. The van der Waals surface area contributed by atoms with Crippen molar-refractivity contribution in [3.63, 3.8) is 0 Å². The number of thioether (sulfide) groups is 1. The molecule has 1 aliphatic heterocycles. The minimum Gasteiger partial charge on any atom is -0.465 e. The highest BCUT2D eigenvalue weighted by Crippen LogP contribution is 2.39. The molecule has 2 heterocycles. The lowest BCUT2D eigenvalue weighted by atomic mass is 9.81. The van der Waals surface area contributed by atoms with E-state index >= 15 is 0 Å². The topological polar surface area (TPSA) is 111 Å². The maximum Gasteiger partial charge on any atom is 0.407 e. The van der Waals surface area contributed by atoms with Gasteiger partial charge >= 0.3 is 12.1 Å². The van der Waals surface area contributed by atoms with Crippen LogP contribution in [0.25, 0.3) is 0 Å². The summed E-state index contributed by atoms with van der Waals surface area (Å²) in [5.74, 6) is -0.512. The standard InChI is InChI=1S/C16H23N3O6S/c1-5-25-13(20)16(6-7-19(9-16)15(21)22)11-10(12(23-2)24-3)8-17-14(18-11)26-4/h8,12H,5-7,9H2,1-4H3,(H,21,22). The fraction of sp³-hybridized carbons (Fsp3) is 0.625. The van der Waals surface area contributed by atoms with E-state index in [0.717, 1.165) is 0 Å². The zero-order valence-electron chi connectivity index (χ0n) is 15.2. The van der Waals surface area contributed by atoms with Crippen LogP contribution >= 0.6 is 11.8 Å². The van der Waals surface area contributed by atoms with Gasteiger partial charge in [-0.3, -0.25) is 4.79 Å². The lowest BCUT2D eigenvalue weighted by Gasteiger charge is -2.29. The van der Waals surface area contributed by atoms with Crippen LogP contribution in [0.2, 0.25) is 0 Å². The fourth-order valence-electron chi connectivity index (χ4n) is 3.08. The van der Waals surface area contributed by atoms with E-state index in [1.807, 2.05) is 6.26 Å². The molecule has 1 aromatic heterocycles. The minimum atomic E-state index is -1.23. The lowest BCUT2D eigenvalue weighted by Crippen LogP contribution is -2.43. The number of esters is 1. The van der Waals surface area contributed by atoms with Crippen molar-refractivity contribution in [2.45, 2.75) is 30.2 Å². The Hall–Kier alpha value is -1.91. The molecule has 26 heavy (non-hydrogen) atoms. The second-order valence-corrected chi connectivity index (χ2v) is 6.49. The van der Waals surface area contributed by atoms with Crippen LogP contribution in [0.4, 0.5) is 4.79 Å². The van der Waals surface area contributed by atoms with Gasteiger partial charge in [-0.2, -0.15) is 0 Å². The minimum absolute atomic E-state index is 0.0425. The molecule has 1 atom stereocenters. The highest BCUT2D eigenvalue weighted by atomic mass is 32.2. The maximum atomic E-state index is 12.9. The highest BCUT2D eigenvalue weighted by molar-refractivity contribution is 7.98. The molecule has 144 valence electrons. The van der Waals surface area contributed by atoms with Crippen molar-refractivity contribution in [1.29, 1.82) is 0 Å². The Morgan fingerprint density at radius 2 is 2.12 bits per heavy atom. The monoisotopic (exact) mass is 385 g/mol. The fourth-order valence-corrected chi connectivity index (χ4v) is 3.42. The molecule has 0 aromatic carbocycles. The van der Waals surface area contributed by atoms with Gasteiger partial charge in [-0.05, 0) is 19.6 Å². The number of ether oxygens (including phenoxy) is 3. The maximum absolute atomic E-state index is 12.9. The van der Waals surface area contributed by atoms with Crippen LogP contribution in [0.3, 0.4) is 0 Å². The van der Waals surface area contributed by atoms with Crippen LogP contribution in [0, 0.1) is 0 Å². The van der Waals surface area contributed by atoms with E-state index in [1.165, 1.54) is 30.9 Å². The van der Waals surface area contributed by atoms with E-state index in [9.17, 15) is 14.7 Å². The van der Waals surface area contributed by atoms with E-state index in [4.69, 9.17) is 14.2 Å². The number of likely N-dealkylation sites (tertiary alicyclic amines) is 1. The molecule has 1 aliphatic rings. The summed E-state index contributed by atoms with van der Waals surface area (Å²) in [7, 11) is 2.94. The van der Waals surface area contributed by atoms with Gasteiger partial charge in [0.05, 0.1) is 12.3 Å². The van der Waals surface area contributed by atoms with Gasteiger partial charge in [0.25, 0.3) is 0 Å². The summed E-state index contributed by atoms with van der Waals surface area (Å²) in [5.41, 5.74) is -0.368. The molecule has 1 amide bonds. The Labute approximate surface area is 156 Å². The molecule has 1 N–H and O–H groups in total. The third-order valence-electron chi connectivity index (χ3n) is 4.32. The summed E-state index contributed by atoms with van der Waals surface area (Å²) < 4.78 is 15.9. The third kappa shape index (κ3) is 3.76. The Morgan fingerprint density at radius 1 is 1.42 bits per heavy atom. The molecule has 0 spiro atoms. The molecule has 0 aliphatic carbocycles. The molecular formula is C16H23N3O6S. The summed E-state index contributed by atoms with van der Waals surface area (Å²) in [5, 5.41) is 9.83. The van der Waals surface area contributed by atoms with Crippen molar-refractivity contribution in [3.05, 3.63) is 17.5 Å². The summed E-state index contributed by atoms with van der Waals surface area (Å²) >= 11 is 1.32. The van der Waals surface area contributed by atoms with E-state index in [0.29, 0.717) is 16.4 Å². The molecule has 1 saturated heterocycles. The summed E-state index contributed by atoms with van der Waals surface area (Å²) in [4.78, 5) is 34.3. The Balaban J connectivity index is 2.63. The predicted molar refractivity (Wildman–Crippen MR) is 93.1 cm³/mol. The second-order valence-electron chi connectivity index (χ2n) is 5.72. The van der Waals surface area contributed by atoms with Crippen molar-refractivity contribution in [2.75, 3.05) is 40.2 Å². The van der Waals surface area contributed by atoms with Crippen LogP contribution in [0.15, 0.2) is 11.4 Å². The quantitative estimate of drug-likeness (QED) is 0.324. The number of carboxylic acid groups (broad SMARTS) is 1. The highest BCUT2D eigenvalue weighted by Gasteiger charge is 2.52. The summed E-state index contributed by atoms with van der Waals surface area (Å²) in [6.45, 7) is 2.05. The van der Waals surface area contributed by atoms with Crippen molar-refractivity contribution in [1.82, 2.24) is 14.9 Å². The zero-order chi connectivity index (χ0) is 19.3. The van der Waals surface area contributed by atoms with E-state index < -0.39 is 23.8 Å². The van der Waals surface area contributed by atoms with Gasteiger partial charge in [0.15, 0.2) is 11.4 Å². The number of rotatable bonds is 7. The number of hydrogen-bond donors (Lipinski definition) is 1. The smallest absolute Gasteiger partial charge is 0.407 e. The van der Waals surface area contributed by atoms with Gasteiger partial charge in [0.1, 0.15) is 5.41 Å². The second kappa shape index (κ2) is 8.65. The van der Waals surface area contributed by atoms with Crippen LogP contribution in [-0.4, -0.2) is 72.2 Å². The van der Waals surface area contributed by atoms with Crippen LogP contribution in [-0.2, 0) is 24.4 Å². The number of carbonyl (C=O) groups is 2. The molecule has 0 saturated carbocycles. The van der Waals surface area contributed by atoms with Crippen molar-refractivity contribution >= 4 is 23.8 Å². The average Bonchev–Trinajstić information content (AvgIpc) is 3.10. The molecule has 10 heteroatoms. The average molecular weight is 385 g/mol. The Kier molecular flexibility index (Phi) is 6.79. The first-order chi connectivity index (χ1) is 12.4. The number of amides is 1. The van der Waals surface area contributed by atoms with E-state index in [-0.39, 0.29) is 26.1 Å². The molecule has 1 unspecified atom stereocenters. The molecule has 1 fully saturated rings. The number of hydrogen-bond acceptors (Lipinski definition) is 8. The van der Waals surface area contributed by atoms with E-state index in [1.54, 1.807) is 13.1 Å². The van der Waals surface area contributed by atoms with Crippen molar-refractivity contribution in [3.8, 4) is 0 Å². The van der Waals surface area contributed by atoms with Gasteiger partial charge in [0, 0.05) is 39.1 Å². The number of aromatic nitrogens is 2.